The second-order valence-corrected chi connectivity index (χ2v) is 5.18. The molecule has 1 aromatic heterocycles. The Kier molecular flexibility index (Phi) is 2.40. The highest BCUT2D eigenvalue weighted by Gasteiger charge is 2.13. The summed E-state index contributed by atoms with van der Waals surface area (Å²) < 4.78 is 5.61. The third kappa shape index (κ3) is 1.82. The van der Waals surface area contributed by atoms with Crippen molar-refractivity contribution in [2.24, 2.45) is 0 Å². The molecule has 0 atom stereocenters. The van der Waals surface area contributed by atoms with Crippen molar-refractivity contribution in [3.05, 3.63) is 23.1 Å². The van der Waals surface area contributed by atoms with Gasteiger partial charge in [0.1, 0.15) is 12.4 Å². The number of nitrogens with two attached hydrogens (primary N) is 1. The summed E-state index contributed by atoms with van der Waals surface area (Å²) in [6.07, 6.45) is 0. The number of aromatic nitrogens is 1. The normalized spacial score (nSPS) is 13.7. The van der Waals surface area contributed by atoms with Crippen molar-refractivity contribution in [1.82, 2.24) is 4.98 Å². The zero-order chi connectivity index (χ0) is 11.8. The number of thiazole rings is 1. The van der Waals surface area contributed by atoms with E-state index in [4.69, 9.17) is 10.5 Å². The molecule has 0 fully saturated rings. The van der Waals surface area contributed by atoms with Crippen molar-refractivity contribution in [2.45, 2.75) is 6.92 Å². The van der Waals surface area contributed by atoms with Gasteiger partial charge in [-0.3, -0.25) is 0 Å². The molecule has 4 nitrogen and oxygen atoms in total. The molecule has 0 bridgehead atoms. The lowest BCUT2D eigenvalue weighted by Crippen LogP contribution is -2.17. The molecular weight excluding hydrogens is 234 g/mol. The van der Waals surface area contributed by atoms with E-state index >= 15 is 0 Å². The Morgan fingerprint density at radius 1 is 1.47 bits per heavy atom. The summed E-state index contributed by atoms with van der Waals surface area (Å²) in [5.41, 5.74) is 8.76. The monoisotopic (exact) mass is 247 g/mol. The minimum absolute atomic E-state index is 0.606. The van der Waals surface area contributed by atoms with Crippen LogP contribution in [0.3, 0.4) is 0 Å². The van der Waals surface area contributed by atoms with Gasteiger partial charge in [-0.25, -0.2) is 4.98 Å². The Balaban J connectivity index is 2.06. The Hall–Kier alpha value is -1.75. The molecule has 0 unspecified atom stereocenters. The average Bonchev–Trinajstić information content (AvgIpc) is 2.68. The number of hydrogen-bond acceptors (Lipinski definition) is 5. The molecule has 0 aliphatic carbocycles. The van der Waals surface area contributed by atoms with E-state index in [1.165, 1.54) is 11.3 Å². The van der Waals surface area contributed by atoms with Crippen LogP contribution < -0.4 is 15.8 Å². The standard InChI is InChI=1S/C12H13N3OS/c1-7-11(15-12(13)17-7)8-2-3-9-10(6-8)16-5-4-14-9/h2-3,6,14H,4-5H2,1H3,(H2,13,15). The molecule has 1 aromatic carbocycles. The number of hydrogen-bond donors (Lipinski definition) is 2. The number of aryl methyl sites for hydroxylation is 1. The van der Waals surface area contributed by atoms with Gasteiger partial charge in [0.15, 0.2) is 5.13 Å². The highest BCUT2D eigenvalue weighted by molar-refractivity contribution is 7.15. The Labute approximate surface area is 103 Å². The largest absolute Gasteiger partial charge is 0.490 e. The first-order chi connectivity index (χ1) is 8.24. The lowest BCUT2D eigenvalue weighted by Gasteiger charge is -2.19. The van der Waals surface area contributed by atoms with Crippen molar-refractivity contribution in [2.75, 3.05) is 24.2 Å². The maximum Gasteiger partial charge on any atom is 0.180 e. The lowest BCUT2D eigenvalue weighted by atomic mass is 10.1. The summed E-state index contributed by atoms with van der Waals surface area (Å²) >= 11 is 1.51. The summed E-state index contributed by atoms with van der Waals surface area (Å²) in [4.78, 5) is 5.48. The van der Waals surface area contributed by atoms with Gasteiger partial charge in [0.2, 0.25) is 0 Å². The molecule has 88 valence electrons. The molecule has 0 saturated carbocycles. The van der Waals surface area contributed by atoms with Gasteiger partial charge in [-0.05, 0) is 19.1 Å². The first kappa shape index (κ1) is 10.4. The third-order valence-electron chi connectivity index (χ3n) is 2.74. The zero-order valence-corrected chi connectivity index (χ0v) is 10.3. The predicted octanol–water partition coefficient (Wildman–Crippen LogP) is 2.51. The highest BCUT2D eigenvalue weighted by Crippen LogP contribution is 2.35. The van der Waals surface area contributed by atoms with E-state index in [0.29, 0.717) is 11.7 Å². The Bertz CT molecular complexity index is 565. The van der Waals surface area contributed by atoms with Gasteiger partial charge in [0, 0.05) is 17.0 Å². The molecule has 3 rings (SSSR count). The van der Waals surface area contributed by atoms with Crippen LogP contribution in [0.1, 0.15) is 4.88 Å². The number of benzene rings is 1. The van der Waals surface area contributed by atoms with Gasteiger partial charge < -0.3 is 15.8 Å². The van der Waals surface area contributed by atoms with E-state index in [2.05, 4.69) is 10.3 Å². The molecule has 2 aromatic rings. The number of nitrogens with zero attached hydrogens (tertiary/aromatic N) is 1. The Morgan fingerprint density at radius 3 is 3.12 bits per heavy atom. The van der Waals surface area contributed by atoms with Gasteiger partial charge in [-0.2, -0.15) is 0 Å². The second-order valence-electron chi connectivity index (χ2n) is 3.94. The molecule has 2 heterocycles. The predicted molar refractivity (Wildman–Crippen MR) is 70.7 cm³/mol. The number of fused-ring (bicyclic) bond motifs is 1. The van der Waals surface area contributed by atoms with E-state index in [1.807, 2.05) is 25.1 Å². The number of anilines is 2. The molecular formula is C12H13N3OS. The minimum Gasteiger partial charge on any atom is -0.490 e. The average molecular weight is 247 g/mol. The first-order valence-corrected chi connectivity index (χ1v) is 6.30. The van der Waals surface area contributed by atoms with Crippen LogP contribution in [0, 0.1) is 6.92 Å². The van der Waals surface area contributed by atoms with Crippen LogP contribution in [0.2, 0.25) is 0 Å². The molecule has 0 spiro atoms. The fraction of sp³-hybridized carbons (Fsp3) is 0.250. The van der Waals surface area contributed by atoms with Gasteiger partial charge in [0.25, 0.3) is 0 Å². The van der Waals surface area contributed by atoms with Crippen LogP contribution in [0.5, 0.6) is 5.75 Å². The Morgan fingerprint density at radius 2 is 2.35 bits per heavy atom. The van der Waals surface area contributed by atoms with E-state index in [9.17, 15) is 0 Å². The van der Waals surface area contributed by atoms with Crippen LogP contribution in [-0.2, 0) is 0 Å². The van der Waals surface area contributed by atoms with Gasteiger partial charge in [0.05, 0.1) is 11.4 Å². The van der Waals surface area contributed by atoms with Crippen molar-refractivity contribution >= 4 is 22.2 Å². The SMILES string of the molecule is Cc1sc(N)nc1-c1ccc2c(c1)OCCN2. The third-order valence-corrected chi connectivity index (χ3v) is 3.54. The highest BCUT2D eigenvalue weighted by atomic mass is 32.1. The second kappa shape index (κ2) is 3.92. The van der Waals surface area contributed by atoms with E-state index < -0.39 is 0 Å². The number of nitrogen functional groups attached to an aromatic ring is 1. The molecule has 1 aliphatic rings. The number of nitrogens with one attached hydrogen (secondary N) is 1. The van der Waals surface area contributed by atoms with Crippen LogP contribution in [0.4, 0.5) is 10.8 Å². The summed E-state index contributed by atoms with van der Waals surface area (Å²) in [7, 11) is 0. The van der Waals surface area contributed by atoms with E-state index in [1.54, 1.807) is 0 Å². The minimum atomic E-state index is 0.606. The molecule has 3 N–H and O–H groups in total. The van der Waals surface area contributed by atoms with Gasteiger partial charge in [-0.1, -0.05) is 6.07 Å². The fourth-order valence-electron chi connectivity index (χ4n) is 1.97. The summed E-state index contributed by atoms with van der Waals surface area (Å²) in [6, 6.07) is 6.09. The summed E-state index contributed by atoms with van der Waals surface area (Å²) in [6.45, 7) is 3.59. The molecule has 17 heavy (non-hydrogen) atoms. The van der Waals surface area contributed by atoms with Crippen LogP contribution >= 0.6 is 11.3 Å². The molecule has 5 heteroatoms. The van der Waals surface area contributed by atoms with Crippen LogP contribution in [-0.4, -0.2) is 18.1 Å². The molecule has 1 aliphatic heterocycles. The van der Waals surface area contributed by atoms with E-state index in [0.717, 1.165) is 34.1 Å². The maximum absolute atomic E-state index is 5.72. The molecule has 0 radical (unpaired) electrons. The molecule has 0 saturated heterocycles. The van der Waals surface area contributed by atoms with Crippen molar-refractivity contribution in [3.8, 4) is 17.0 Å². The lowest BCUT2D eigenvalue weighted by molar-refractivity contribution is 0.323. The van der Waals surface area contributed by atoms with E-state index in [-0.39, 0.29) is 0 Å². The van der Waals surface area contributed by atoms with Crippen LogP contribution in [0.15, 0.2) is 18.2 Å². The zero-order valence-electron chi connectivity index (χ0n) is 9.49. The summed E-state index contributed by atoms with van der Waals surface area (Å²) in [5, 5.41) is 3.90. The molecule has 0 amide bonds. The van der Waals surface area contributed by atoms with Gasteiger partial charge >= 0.3 is 0 Å². The number of ether oxygens (including phenoxy) is 1. The smallest absolute Gasteiger partial charge is 0.180 e. The maximum atomic E-state index is 5.72. The summed E-state index contributed by atoms with van der Waals surface area (Å²) in [5.74, 6) is 0.889. The van der Waals surface area contributed by atoms with Crippen molar-refractivity contribution in [1.29, 1.82) is 0 Å². The van der Waals surface area contributed by atoms with Gasteiger partial charge in [-0.15, -0.1) is 11.3 Å². The topological polar surface area (TPSA) is 60.2 Å². The quantitative estimate of drug-likeness (QED) is 0.813. The fourth-order valence-corrected chi connectivity index (χ4v) is 2.68. The number of rotatable bonds is 1. The first-order valence-electron chi connectivity index (χ1n) is 5.48. The van der Waals surface area contributed by atoms with Crippen molar-refractivity contribution < 1.29 is 4.74 Å². The van der Waals surface area contributed by atoms with Crippen LogP contribution in [0.25, 0.3) is 11.3 Å². The van der Waals surface area contributed by atoms with Crippen molar-refractivity contribution in [3.63, 3.8) is 0 Å².